The van der Waals surface area contributed by atoms with E-state index in [0.29, 0.717) is 6.54 Å². The molecule has 0 radical (unpaired) electrons. The highest BCUT2D eigenvalue weighted by Gasteiger charge is 2.11. The van der Waals surface area contributed by atoms with E-state index in [2.05, 4.69) is 24.1 Å². The fourth-order valence-corrected chi connectivity index (χ4v) is 1.89. The second-order valence-corrected chi connectivity index (χ2v) is 4.29. The Morgan fingerprint density at radius 1 is 1.21 bits per heavy atom. The molecule has 0 amide bonds. The van der Waals surface area contributed by atoms with Crippen molar-refractivity contribution in [2.24, 2.45) is 0 Å². The molecule has 0 aromatic heterocycles. The van der Waals surface area contributed by atoms with Crippen molar-refractivity contribution in [1.29, 1.82) is 5.26 Å². The summed E-state index contributed by atoms with van der Waals surface area (Å²) in [5, 5.41) is 11.4. The Kier molecular flexibility index (Phi) is 6.23. The van der Waals surface area contributed by atoms with Gasteiger partial charge >= 0.3 is 0 Å². The minimum Gasteiger partial charge on any atom is -0.379 e. The van der Waals surface area contributed by atoms with Crippen molar-refractivity contribution in [2.75, 3.05) is 31.5 Å². The van der Waals surface area contributed by atoms with Gasteiger partial charge in [0.05, 0.1) is 11.6 Å². The number of rotatable bonds is 7. The molecule has 1 N–H and O–H groups in total. The fourth-order valence-electron chi connectivity index (χ4n) is 1.89. The van der Waals surface area contributed by atoms with Crippen LogP contribution in [0.3, 0.4) is 0 Å². The molecule has 1 aromatic rings. The molecule has 1 aromatic carbocycles. The SMILES string of the molecule is CCCN(CC)CCNc1c(F)cc(C#N)cc1F. The molecule has 0 aliphatic carbocycles. The van der Waals surface area contributed by atoms with Crippen LogP contribution in [0.5, 0.6) is 0 Å². The molecular formula is C14H19F2N3. The third-order valence-corrected chi connectivity index (χ3v) is 2.89. The predicted molar refractivity (Wildman–Crippen MR) is 72.0 cm³/mol. The first kappa shape index (κ1) is 15.4. The van der Waals surface area contributed by atoms with E-state index in [-0.39, 0.29) is 11.3 Å². The number of nitriles is 1. The van der Waals surface area contributed by atoms with Gasteiger partial charge in [0.1, 0.15) is 5.69 Å². The molecule has 5 heteroatoms. The predicted octanol–water partition coefficient (Wildman–Crippen LogP) is 2.98. The molecule has 0 bridgehead atoms. The molecular weight excluding hydrogens is 248 g/mol. The van der Waals surface area contributed by atoms with Crippen LogP contribution in [-0.4, -0.2) is 31.1 Å². The lowest BCUT2D eigenvalue weighted by molar-refractivity contribution is 0.299. The van der Waals surface area contributed by atoms with Gasteiger partial charge in [0.15, 0.2) is 11.6 Å². The van der Waals surface area contributed by atoms with Gasteiger partial charge in [-0.3, -0.25) is 0 Å². The molecule has 0 aliphatic rings. The van der Waals surface area contributed by atoms with Gasteiger partial charge in [-0.2, -0.15) is 5.26 Å². The Morgan fingerprint density at radius 3 is 2.32 bits per heavy atom. The number of halogens is 2. The average molecular weight is 267 g/mol. The summed E-state index contributed by atoms with van der Waals surface area (Å²) in [6.45, 7) is 7.22. The van der Waals surface area contributed by atoms with E-state index < -0.39 is 11.6 Å². The molecule has 0 atom stereocenters. The van der Waals surface area contributed by atoms with Gasteiger partial charge in [-0.05, 0) is 31.6 Å². The zero-order valence-corrected chi connectivity index (χ0v) is 11.3. The van der Waals surface area contributed by atoms with Crippen molar-refractivity contribution in [3.8, 4) is 6.07 Å². The lowest BCUT2D eigenvalue weighted by Crippen LogP contribution is -2.29. The van der Waals surface area contributed by atoms with Crippen LogP contribution in [0.2, 0.25) is 0 Å². The monoisotopic (exact) mass is 267 g/mol. The first-order valence-electron chi connectivity index (χ1n) is 6.47. The average Bonchev–Trinajstić information content (AvgIpc) is 2.40. The summed E-state index contributed by atoms with van der Waals surface area (Å²) >= 11 is 0. The number of hydrogen-bond donors (Lipinski definition) is 1. The van der Waals surface area contributed by atoms with Crippen molar-refractivity contribution < 1.29 is 8.78 Å². The summed E-state index contributed by atoms with van der Waals surface area (Å²) in [7, 11) is 0. The van der Waals surface area contributed by atoms with Gasteiger partial charge in [0.25, 0.3) is 0 Å². The quantitative estimate of drug-likeness (QED) is 0.825. The Hall–Kier alpha value is -1.67. The molecule has 0 heterocycles. The van der Waals surface area contributed by atoms with Crippen molar-refractivity contribution >= 4 is 5.69 Å². The number of benzene rings is 1. The highest BCUT2D eigenvalue weighted by Crippen LogP contribution is 2.20. The van der Waals surface area contributed by atoms with Crippen LogP contribution in [0.4, 0.5) is 14.5 Å². The van der Waals surface area contributed by atoms with Gasteiger partial charge < -0.3 is 10.2 Å². The summed E-state index contributed by atoms with van der Waals surface area (Å²) in [5.41, 5.74) is -0.173. The first-order chi connectivity index (χ1) is 9.12. The Balaban J connectivity index is 2.61. The summed E-state index contributed by atoms with van der Waals surface area (Å²) in [6, 6.07) is 3.79. The number of likely N-dealkylation sites (N-methyl/N-ethyl adjacent to an activating group) is 1. The van der Waals surface area contributed by atoms with Crippen LogP contribution in [0.25, 0.3) is 0 Å². The van der Waals surface area contributed by atoms with E-state index in [0.717, 1.165) is 38.2 Å². The van der Waals surface area contributed by atoms with E-state index in [1.54, 1.807) is 6.07 Å². The maximum Gasteiger partial charge on any atom is 0.150 e. The molecule has 104 valence electrons. The summed E-state index contributed by atoms with van der Waals surface area (Å²) in [4.78, 5) is 2.20. The van der Waals surface area contributed by atoms with Crippen LogP contribution >= 0.6 is 0 Å². The number of anilines is 1. The fraction of sp³-hybridized carbons (Fsp3) is 0.500. The summed E-state index contributed by atoms with van der Waals surface area (Å²) in [5.74, 6) is -1.45. The Labute approximate surface area is 112 Å². The Bertz CT molecular complexity index is 431. The largest absolute Gasteiger partial charge is 0.379 e. The molecule has 0 unspecified atom stereocenters. The number of nitrogens with zero attached hydrogens (tertiary/aromatic N) is 2. The third kappa shape index (κ3) is 4.49. The van der Waals surface area contributed by atoms with Crippen LogP contribution < -0.4 is 5.32 Å². The van der Waals surface area contributed by atoms with Crippen LogP contribution in [0.1, 0.15) is 25.8 Å². The number of nitrogens with one attached hydrogen (secondary N) is 1. The molecule has 0 spiro atoms. The molecule has 0 saturated heterocycles. The van der Waals surface area contributed by atoms with Gasteiger partial charge in [0.2, 0.25) is 0 Å². The molecule has 0 aliphatic heterocycles. The highest BCUT2D eigenvalue weighted by atomic mass is 19.1. The van der Waals surface area contributed by atoms with Gasteiger partial charge in [-0.15, -0.1) is 0 Å². The lowest BCUT2D eigenvalue weighted by atomic mass is 10.2. The normalized spacial score (nSPS) is 10.5. The van der Waals surface area contributed by atoms with Crippen molar-refractivity contribution in [2.45, 2.75) is 20.3 Å². The smallest absolute Gasteiger partial charge is 0.150 e. The van der Waals surface area contributed by atoms with E-state index in [9.17, 15) is 8.78 Å². The van der Waals surface area contributed by atoms with Crippen LogP contribution in [-0.2, 0) is 0 Å². The highest BCUT2D eigenvalue weighted by molar-refractivity contribution is 5.50. The molecule has 1 rings (SSSR count). The van der Waals surface area contributed by atoms with E-state index in [1.807, 2.05) is 0 Å². The first-order valence-corrected chi connectivity index (χ1v) is 6.47. The molecule has 19 heavy (non-hydrogen) atoms. The second-order valence-electron chi connectivity index (χ2n) is 4.29. The van der Waals surface area contributed by atoms with E-state index in [1.165, 1.54) is 0 Å². The zero-order chi connectivity index (χ0) is 14.3. The minimum atomic E-state index is -0.727. The standard InChI is InChI=1S/C14H19F2N3/c1-3-6-19(4-2)7-5-18-14-12(15)8-11(10-17)9-13(14)16/h8-9,18H,3-7H2,1-2H3. The molecule has 0 fully saturated rings. The summed E-state index contributed by atoms with van der Waals surface area (Å²) in [6.07, 6.45) is 1.05. The van der Waals surface area contributed by atoms with E-state index in [4.69, 9.17) is 5.26 Å². The van der Waals surface area contributed by atoms with Crippen molar-refractivity contribution in [1.82, 2.24) is 4.90 Å². The van der Waals surface area contributed by atoms with Crippen LogP contribution in [0.15, 0.2) is 12.1 Å². The van der Waals surface area contributed by atoms with Gasteiger partial charge in [0, 0.05) is 13.1 Å². The van der Waals surface area contributed by atoms with Gasteiger partial charge in [-0.1, -0.05) is 13.8 Å². The van der Waals surface area contributed by atoms with Gasteiger partial charge in [-0.25, -0.2) is 8.78 Å². The minimum absolute atomic E-state index is 0.0123. The maximum atomic E-state index is 13.6. The topological polar surface area (TPSA) is 39.1 Å². The third-order valence-electron chi connectivity index (χ3n) is 2.89. The lowest BCUT2D eigenvalue weighted by Gasteiger charge is -2.20. The maximum absolute atomic E-state index is 13.6. The molecule has 3 nitrogen and oxygen atoms in total. The summed E-state index contributed by atoms with van der Waals surface area (Å²) < 4.78 is 27.2. The van der Waals surface area contributed by atoms with E-state index >= 15 is 0 Å². The second kappa shape index (κ2) is 7.70. The Morgan fingerprint density at radius 2 is 1.84 bits per heavy atom. The van der Waals surface area contributed by atoms with Crippen LogP contribution in [0, 0.1) is 23.0 Å². The zero-order valence-electron chi connectivity index (χ0n) is 11.3. The van der Waals surface area contributed by atoms with Crippen molar-refractivity contribution in [3.63, 3.8) is 0 Å². The molecule has 0 saturated carbocycles. The number of hydrogen-bond acceptors (Lipinski definition) is 3. The van der Waals surface area contributed by atoms with Crippen molar-refractivity contribution in [3.05, 3.63) is 29.3 Å².